The van der Waals surface area contributed by atoms with Crippen LogP contribution < -0.4 is 5.32 Å². The van der Waals surface area contributed by atoms with Crippen molar-refractivity contribution in [3.63, 3.8) is 0 Å². The molecule has 252 valence electrons. The molecule has 0 fully saturated rings. The van der Waals surface area contributed by atoms with E-state index in [1.165, 1.54) is 101 Å². The number of unbranched alkanes of at least 4 members (excludes halogenated alkanes) is 14. The standard InChI is InChI=1S/C20H38O4.C11H12Cl2N2O5/c1-2-3-4-5-6-7-8-9-10-11-12-13-14-15-16-17-18(21)19(22)20(23)24;12-10(13)11(18)14-8(5-16)9(17)6-1-3-7(4-2-6)15(19)20/h19,22H,2-17H2,1H3,(H,23,24);1-4,8-10,16-17H,5H2,(H,14,18)/t;8-,9-/m.1/s1. The van der Waals surface area contributed by atoms with Gasteiger partial charge in [-0.05, 0) is 24.1 Å². The molecule has 5 N–H and O–H groups in total. The van der Waals surface area contributed by atoms with Gasteiger partial charge in [0.15, 0.2) is 10.6 Å². The number of carbonyl (C=O) groups excluding carboxylic acids is 2. The summed E-state index contributed by atoms with van der Waals surface area (Å²) >= 11 is 10.7. The number of Topliss-reactive ketones (excluding diaryl/α,β-unsaturated/α-hetero) is 1. The molecule has 1 amide bonds. The number of alkyl halides is 2. The molecule has 44 heavy (non-hydrogen) atoms. The molecule has 11 nitrogen and oxygen atoms in total. The van der Waals surface area contributed by atoms with Gasteiger partial charge in [0.1, 0.15) is 6.10 Å². The Morgan fingerprint density at radius 3 is 1.61 bits per heavy atom. The van der Waals surface area contributed by atoms with Gasteiger partial charge in [-0.3, -0.25) is 19.7 Å². The van der Waals surface area contributed by atoms with E-state index >= 15 is 0 Å². The number of non-ortho nitro benzene ring substituents is 1. The highest BCUT2D eigenvalue weighted by atomic mass is 35.5. The Morgan fingerprint density at radius 1 is 0.818 bits per heavy atom. The first-order valence-electron chi connectivity index (χ1n) is 15.5. The predicted octanol–water partition coefficient (Wildman–Crippen LogP) is 6.17. The maximum atomic E-state index is 11.3. The van der Waals surface area contributed by atoms with Gasteiger partial charge in [-0.2, -0.15) is 0 Å². The summed E-state index contributed by atoms with van der Waals surface area (Å²) in [5.41, 5.74) is 0.169. The lowest BCUT2D eigenvalue weighted by atomic mass is 10.0. The fourth-order valence-corrected chi connectivity index (χ4v) is 4.57. The third kappa shape index (κ3) is 19.9. The monoisotopic (exact) mass is 664 g/mol. The molecule has 0 heterocycles. The number of ketones is 1. The van der Waals surface area contributed by atoms with Gasteiger partial charge in [-0.25, -0.2) is 4.79 Å². The van der Waals surface area contributed by atoms with Crippen molar-refractivity contribution in [1.82, 2.24) is 5.32 Å². The number of nitrogens with one attached hydrogen (secondary N) is 1. The number of benzene rings is 1. The second kappa shape index (κ2) is 26.0. The molecule has 1 aromatic rings. The van der Waals surface area contributed by atoms with Crippen molar-refractivity contribution >= 4 is 46.5 Å². The number of aliphatic hydroxyl groups excluding tert-OH is 3. The van der Waals surface area contributed by atoms with Crippen LogP contribution in [0.2, 0.25) is 0 Å². The van der Waals surface area contributed by atoms with Crippen LogP contribution in [-0.2, 0) is 14.4 Å². The number of hydrogen-bond donors (Lipinski definition) is 5. The Morgan fingerprint density at radius 2 is 1.25 bits per heavy atom. The molecular weight excluding hydrogens is 615 g/mol. The van der Waals surface area contributed by atoms with E-state index in [-0.39, 0.29) is 12.1 Å². The van der Waals surface area contributed by atoms with Crippen LogP contribution in [-0.4, -0.2) is 66.6 Å². The summed E-state index contributed by atoms with van der Waals surface area (Å²) in [4.78, 5) is 41.6. The largest absolute Gasteiger partial charge is 0.479 e. The summed E-state index contributed by atoms with van der Waals surface area (Å²) in [6.07, 6.45) is 15.9. The summed E-state index contributed by atoms with van der Waals surface area (Å²) in [6, 6.07) is 4.05. The highest BCUT2D eigenvalue weighted by Gasteiger charge is 2.25. The van der Waals surface area contributed by atoms with Crippen molar-refractivity contribution in [3.8, 4) is 0 Å². The van der Waals surface area contributed by atoms with Crippen LogP contribution in [0, 0.1) is 10.1 Å². The fourth-order valence-electron chi connectivity index (χ4n) is 4.44. The van der Waals surface area contributed by atoms with Gasteiger partial charge < -0.3 is 25.7 Å². The van der Waals surface area contributed by atoms with E-state index in [9.17, 15) is 29.6 Å². The number of hydrogen-bond acceptors (Lipinski definition) is 8. The zero-order valence-electron chi connectivity index (χ0n) is 25.7. The number of nitro groups is 1. The van der Waals surface area contributed by atoms with Gasteiger partial charge in [0.05, 0.1) is 17.6 Å². The molecule has 0 bridgehead atoms. The molecule has 0 saturated carbocycles. The molecule has 13 heteroatoms. The van der Waals surface area contributed by atoms with Crippen LogP contribution in [0.15, 0.2) is 24.3 Å². The summed E-state index contributed by atoms with van der Waals surface area (Å²) < 4.78 is 0. The van der Waals surface area contributed by atoms with Crippen molar-refractivity contribution in [2.45, 2.75) is 133 Å². The lowest BCUT2D eigenvalue weighted by Crippen LogP contribution is -2.44. The van der Waals surface area contributed by atoms with Gasteiger partial charge in [-0.15, -0.1) is 0 Å². The van der Waals surface area contributed by atoms with Crippen molar-refractivity contribution in [2.75, 3.05) is 6.61 Å². The van der Waals surface area contributed by atoms with Crippen molar-refractivity contribution in [3.05, 3.63) is 39.9 Å². The van der Waals surface area contributed by atoms with Crippen LogP contribution in [0.5, 0.6) is 0 Å². The number of rotatable bonds is 24. The fraction of sp³-hybridized carbons (Fsp3) is 0.710. The Bertz CT molecular complexity index is 949. The molecule has 0 aliphatic rings. The average Bonchev–Trinajstić information content (AvgIpc) is 3.00. The van der Waals surface area contributed by atoms with Crippen LogP contribution in [0.3, 0.4) is 0 Å². The number of carboxylic acid groups (broad SMARTS) is 1. The van der Waals surface area contributed by atoms with Crippen LogP contribution in [0.25, 0.3) is 0 Å². The first-order chi connectivity index (χ1) is 21.0. The van der Waals surface area contributed by atoms with Crippen molar-refractivity contribution in [2.24, 2.45) is 0 Å². The zero-order chi connectivity index (χ0) is 33.3. The van der Waals surface area contributed by atoms with E-state index in [0.29, 0.717) is 12.0 Å². The first kappa shape index (κ1) is 41.7. The van der Waals surface area contributed by atoms with Crippen LogP contribution in [0.1, 0.15) is 121 Å². The average molecular weight is 666 g/mol. The number of nitrogens with zero attached hydrogens (tertiary/aromatic N) is 1. The normalized spacial score (nSPS) is 13.0. The molecule has 1 aromatic carbocycles. The molecule has 0 spiro atoms. The molecule has 0 aliphatic heterocycles. The Hall–Kier alpha value is -2.31. The third-order valence-corrected chi connectivity index (χ3v) is 7.51. The van der Waals surface area contributed by atoms with E-state index in [2.05, 4.69) is 12.2 Å². The minimum absolute atomic E-state index is 0.132. The summed E-state index contributed by atoms with van der Waals surface area (Å²) in [5, 5.41) is 49.5. The zero-order valence-corrected chi connectivity index (χ0v) is 27.2. The molecule has 3 atom stereocenters. The third-order valence-electron chi connectivity index (χ3n) is 7.11. The summed E-state index contributed by atoms with van der Waals surface area (Å²) in [6.45, 7) is 1.70. The second-order valence-corrected chi connectivity index (χ2v) is 11.9. The van der Waals surface area contributed by atoms with E-state index < -0.39 is 52.3 Å². The number of amides is 1. The number of nitro benzene ring substituents is 1. The number of carboxylic acids is 1. The maximum absolute atomic E-state index is 11.3. The highest BCUT2D eigenvalue weighted by molar-refractivity contribution is 6.53. The second-order valence-electron chi connectivity index (χ2n) is 10.8. The Labute approximate surface area is 270 Å². The van der Waals surface area contributed by atoms with Crippen molar-refractivity contribution in [1.29, 1.82) is 0 Å². The Balaban J connectivity index is 0.000000853. The molecule has 0 radical (unpaired) electrons. The number of aliphatic carboxylic acids is 1. The Kier molecular flexibility index (Phi) is 24.6. The van der Waals surface area contributed by atoms with E-state index in [1.807, 2.05) is 0 Å². The van der Waals surface area contributed by atoms with Gasteiger partial charge >= 0.3 is 5.97 Å². The van der Waals surface area contributed by atoms with Crippen molar-refractivity contribution < 1.29 is 39.7 Å². The lowest BCUT2D eigenvalue weighted by molar-refractivity contribution is -0.384. The van der Waals surface area contributed by atoms with Gasteiger partial charge in [0, 0.05) is 18.6 Å². The van der Waals surface area contributed by atoms with E-state index in [4.69, 9.17) is 38.5 Å². The van der Waals surface area contributed by atoms with E-state index in [0.717, 1.165) is 12.8 Å². The predicted molar refractivity (Wildman–Crippen MR) is 171 cm³/mol. The number of carbonyl (C=O) groups is 3. The van der Waals surface area contributed by atoms with Crippen LogP contribution >= 0.6 is 23.2 Å². The highest BCUT2D eigenvalue weighted by Crippen LogP contribution is 2.21. The molecule has 1 unspecified atom stereocenters. The van der Waals surface area contributed by atoms with Gasteiger partial charge in [0.25, 0.3) is 11.6 Å². The van der Waals surface area contributed by atoms with Crippen LogP contribution in [0.4, 0.5) is 5.69 Å². The minimum atomic E-state index is -1.84. The lowest BCUT2D eigenvalue weighted by Gasteiger charge is -2.22. The number of aliphatic hydroxyl groups is 3. The van der Waals surface area contributed by atoms with Gasteiger partial charge in [-0.1, -0.05) is 120 Å². The molecule has 0 aromatic heterocycles. The topological polar surface area (TPSA) is 187 Å². The van der Waals surface area contributed by atoms with Gasteiger partial charge in [0.2, 0.25) is 6.10 Å². The molecule has 0 saturated heterocycles. The molecular formula is C31H50Cl2N2O9. The maximum Gasteiger partial charge on any atom is 0.340 e. The summed E-state index contributed by atoms with van der Waals surface area (Å²) in [5.74, 6) is -2.77. The minimum Gasteiger partial charge on any atom is -0.479 e. The quantitative estimate of drug-likeness (QED) is 0.0283. The summed E-state index contributed by atoms with van der Waals surface area (Å²) in [7, 11) is 0. The molecule has 0 aliphatic carbocycles. The SMILES string of the molecule is CCCCCCCCCCCCCCCCCC(=O)C(O)C(=O)O.O=C(N[C@H](CO)[C@H](O)c1ccc([N+](=O)[O-])cc1)C(Cl)Cl. The van der Waals surface area contributed by atoms with E-state index in [1.54, 1.807) is 0 Å². The number of halogens is 2. The first-order valence-corrected chi connectivity index (χ1v) is 16.4. The molecule has 1 rings (SSSR count). The smallest absolute Gasteiger partial charge is 0.340 e.